The van der Waals surface area contributed by atoms with Crippen molar-refractivity contribution in [2.45, 2.75) is 13.0 Å². The molecule has 3 N–H and O–H groups in total. The van der Waals surface area contributed by atoms with Crippen LogP contribution >= 0.6 is 0 Å². The lowest BCUT2D eigenvalue weighted by atomic mass is 10.1. The molecule has 1 rings (SSSR count). The van der Waals surface area contributed by atoms with Gasteiger partial charge in [-0.05, 0) is 24.6 Å². The van der Waals surface area contributed by atoms with Gasteiger partial charge in [-0.1, -0.05) is 12.1 Å². The van der Waals surface area contributed by atoms with E-state index in [9.17, 15) is 14.1 Å². The summed E-state index contributed by atoms with van der Waals surface area (Å²) in [5.74, 6) is 0.432. The maximum Gasteiger partial charge on any atom is 0.319 e. The van der Waals surface area contributed by atoms with Gasteiger partial charge in [0, 0.05) is 35.0 Å². The lowest BCUT2D eigenvalue weighted by Crippen LogP contribution is -2.31. The number of hydrogen-bond acceptors (Lipinski definition) is 3. The van der Waals surface area contributed by atoms with E-state index in [4.69, 9.17) is 0 Å². The number of carbonyl (C=O) groups excluding carboxylic acids is 1. The number of nitrogens with one attached hydrogen (secondary N) is 2. The second-order valence-electron chi connectivity index (χ2n) is 3.96. The van der Waals surface area contributed by atoms with E-state index >= 15 is 0 Å². The highest BCUT2D eigenvalue weighted by molar-refractivity contribution is 7.84. The van der Waals surface area contributed by atoms with Crippen LogP contribution in [0.5, 0.6) is 0 Å². The molecule has 2 amide bonds. The Bertz CT molecular complexity index is 435. The molecule has 2 unspecified atom stereocenters. The van der Waals surface area contributed by atoms with E-state index < -0.39 is 16.9 Å². The summed E-state index contributed by atoms with van der Waals surface area (Å²) in [6, 6.07) is 6.65. The molecule has 0 aliphatic rings. The Morgan fingerprint density at radius 3 is 2.83 bits per heavy atom. The first-order valence-electron chi connectivity index (χ1n) is 5.62. The van der Waals surface area contributed by atoms with Crippen LogP contribution in [0.15, 0.2) is 24.3 Å². The number of anilines is 1. The van der Waals surface area contributed by atoms with Crippen LogP contribution in [0.2, 0.25) is 0 Å². The standard InChI is InChI=1S/C12H18N2O3S/c1-9(15)10-4-3-5-11(8-10)14-12(16)13-6-7-18(2)17/h3-5,8-9,15H,6-7H2,1-2H3,(H2,13,14,16). The van der Waals surface area contributed by atoms with Crippen LogP contribution < -0.4 is 10.6 Å². The molecule has 0 bridgehead atoms. The summed E-state index contributed by atoms with van der Waals surface area (Å²) in [4.78, 5) is 11.5. The Labute approximate surface area is 109 Å². The molecule has 18 heavy (non-hydrogen) atoms. The first-order valence-corrected chi connectivity index (χ1v) is 7.34. The molecule has 0 radical (unpaired) electrons. The predicted octanol–water partition coefficient (Wildman–Crippen LogP) is 1.24. The van der Waals surface area contributed by atoms with Crippen LogP contribution in [0.1, 0.15) is 18.6 Å². The maximum absolute atomic E-state index is 11.5. The van der Waals surface area contributed by atoms with Crippen molar-refractivity contribution in [3.63, 3.8) is 0 Å². The van der Waals surface area contributed by atoms with Gasteiger partial charge in [-0.15, -0.1) is 0 Å². The Morgan fingerprint density at radius 1 is 1.50 bits per heavy atom. The summed E-state index contributed by atoms with van der Waals surface area (Å²) in [6.45, 7) is 2.03. The third kappa shape index (κ3) is 5.29. The highest BCUT2D eigenvalue weighted by Crippen LogP contribution is 2.16. The number of urea groups is 1. The van der Waals surface area contributed by atoms with E-state index in [2.05, 4.69) is 10.6 Å². The molecule has 0 aromatic heterocycles. The zero-order chi connectivity index (χ0) is 13.5. The van der Waals surface area contributed by atoms with Crippen LogP contribution in [-0.2, 0) is 10.8 Å². The average molecular weight is 270 g/mol. The van der Waals surface area contributed by atoms with Crippen LogP contribution in [0.4, 0.5) is 10.5 Å². The maximum atomic E-state index is 11.5. The van der Waals surface area contributed by atoms with Gasteiger partial charge >= 0.3 is 6.03 Å². The average Bonchev–Trinajstić information content (AvgIpc) is 2.28. The van der Waals surface area contributed by atoms with Gasteiger partial charge in [0.2, 0.25) is 0 Å². The number of benzene rings is 1. The second kappa shape index (κ2) is 7.13. The van der Waals surface area contributed by atoms with E-state index in [-0.39, 0.29) is 6.03 Å². The van der Waals surface area contributed by atoms with Gasteiger partial charge in [0.1, 0.15) is 0 Å². The lowest BCUT2D eigenvalue weighted by Gasteiger charge is -2.09. The van der Waals surface area contributed by atoms with Crippen molar-refractivity contribution in [1.29, 1.82) is 0 Å². The van der Waals surface area contributed by atoms with Crippen LogP contribution in [0, 0.1) is 0 Å². The van der Waals surface area contributed by atoms with Gasteiger partial charge in [-0.25, -0.2) is 4.79 Å². The van der Waals surface area contributed by atoms with Gasteiger partial charge in [-0.3, -0.25) is 4.21 Å². The van der Waals surface area contributed by atoms with Gasteiger partial charge < -0.3 is 15.7 Å². The zero-order valence-electron chi connectivity index (χ0n) is 10.5. The number of rotatable bonds is 5. The molecule has 0 saturated carbocycles. The molecule has 2 atom stereocenters. The van der Waals surface area contributed by atoms with Crippen LogP contribution in [-0.4, -0.2) is 33.9 Å². The van der Waals surface area contributed by atoms with Crippen molar-refractivity contribution in [2.24, 2.45) is 0 Å². The lowest BCUT2D eigenvalue weighted by molar-refractivity contribution is 0.199. The molecule has 1 aromatic rings. The fourth-order valence-corrected chi connectivity index (χ4v) is 1.75. The number of aliphatic hydroxyl groups is 1. The van der Waals surface area contributed by atoms with E-state index in [1.807, 2.05) is 0 Å². The first kappa shape index (κ1) is 14.7. The van der Waals surface area contributed by atoms with E-state index in [1.54, 1.807) is 37.4 Å². The predicted molar refractivity (Wildman–Crippen MR) is 73.0 cm³/mol. The monoisotopic (exact) mass is 270 g/mol. The van der Waals surface area contributed by atoms with Crippen molar-refractivity contribution in [1.82, 2.24) is 5.32 Å². The second-order valence-corrected chi connectivity index (χ2v) is 5.51. The normalized spacial score (nSPS) is 13.7. The molecule has 6 heteroatoms. The SMILES string of the molecule is CC(O)c1cccc(NC(=O)NCCS(C)=O)c1. The summed E-state index contributed by atoms with van der Waals surface area (Å²) in [5, 5.41) is 14.7. The third-order valence-electron chi connectivity index (χ3n) is 2.30. The fraction of sp³-hybridized carbons (Fsp3) is 0.417. The minimum absolute atomic E-state index is 0.344. The number of carbonyl (C=O) groups is 1. The first-order chi connectivity index (χ1) is 8.49. The number of amides is 2. The molecule has 0 aliphatic heterocycles. The Morgan fingerprint density at radius 2 is 2.22 bits per heavy atom. The summed E-state index contributed by atoms with van der Waals surface area (Å²) in [7, 11) is -0.914. The molecular weight excluding hydrogens is 252 g/mol. The summed E-state index contributed by atoms with van der Waals surface area (Å²) >= 11 is 0. The summed E-state index contributed by atoms with van der Waals surface area (Å²) in [6.07, 6.45) is 1.02. The minimum atomic E-state index is -0.914. The van der Waals surface area contributed by atoms with Crippen molar-refractivity contribution >= 4 is 22.5 Å². The van der Waals surface area contributed by atoms with Gasteiger partial charge in [-0.2, -0.15) is 0 Å². The fourth-order valence-electron chi connectivity index (χ4n) is 1.36. The molecule has 100 valence electrons. The van der Waals surface area contributed by atoms with Crippen molar-refractivity contribution in [3.05, 3.63) is 29.8 Å². The molecular formula is C12H18N2O3S. The van der Waals surface area contributed by atoms with Crippen molar-refractivity contribution in [3.8, 4) is 0 Å². The third-order valence-corrected chi connectivity index (χ3v) is 3.08. The molecule has 0 saturated heterocycles. The van der Waals surface area contributed by atoms with Crippen LogP contribution in [0.25, 0.3) is 0 Å². The molecule has 0 aliphatic carbocycles. The molecule has 5 nitrogen and oxygen atoms in total. The molecule has 0 fully saturated rings. The Hall–Kier alpha value is -1.40. The quantitative estimate of drug-likeness (QED) is 0.753. The Balaban J connectivity index is 2.49. The smallest absolute Gasteiger partial charge is 0.319 e. The Kier molecular flexibility index (Phi) is 5.80. The highest BCUT2D eigenvalue weighted by Gasteiger charge is 2.04. The summed E-state index contributed by atoms with van der Waals surface area (Å²) < 4.78 is 10.8. The number of hydrogen-bond donors (Lipinski definition) is 3. The zero-order valence-corrected chi connectivity index (χ0v) is 11.3. The molecule has 0 spiro atoms. The minimum Gasteiger partial charge on any atom is -0.389 e. The largest absolute Gasteiger partial charge is 0.389 e. The summed E-state index contributed by atoms with van der Waals surface area (Å²) in [5.41, 5.74) is 1.35. The van der Waals surface area contributed by atoms with Gasteiger partial charge in [0.15, 0.2) is 0 Å². The van der Waals surface area contributed by atoms with E-state index in [1.165, 1.54) is 0 Å². The topological polar surface area (TPSA) is 78.4 Å². The van der Waals surface area contributed by atoms with Crippen LogP contribution in [0.3, 0.4) is 0 Å². The van der Waals surface area contributed by atoms with Crippen molar-refractivity contribution < 1.29 is 14.1 Å². The highest BCUT2D eigenvalue weighted by atomic mass is 32.2. The van der Waals surface area contributed by atoms with E-state index in [0.717, 1.165) is 5.56 Å². The van der Waals surface area contributed by atoms with Gasteiger partial charge in [0.25, 0.3) is 0 Å². The molecule has 0 heterocycles. The molecule has 1 aromatic carbocycles. The van der Waals surface area contributed by atoms with E-state index in [0.29, 0.717) is 18.0 Å². The van der Waals surface area contributed by atoms with Gasteiger partial charge in [0.05, 0.1) is 6.10 Å². The van der Waals surface area contributed by atoms with Crippen molar-refractivity contribution in [2.75, 3.05) is 23.9 Å². The number of aliphatic hydroxyl groups excluding tert-OH is 1.